The van der Waals surface area contributed by atoms with Crippen LogP contribution in [0.25, 0.3) is 0 Å². The van der Waals surface area contributed by atoms with Gasteiger partial charge in [-0.25, -0.2) is 4.79 Å². The second kappa shape index (κ2) is 43.4. The molecular weight excluding hydrogens is 763 g/mol. The minimum Gasteiger partial charge on any atom is -0.477 e. The first-order chi connectivity index (χ1) is 29.6. The number of carbonyl (C=O) groups excluding carboxylic acids is 2. The van der Waals surface area contributed by atoms with Crippen LogP contribution in [0, 0.1) is 0 Å². The Hall–Kier alpha value is -3.23. The molecule has 0 aromatic rings. The highest BCUT2D eigenvalue weighted by Gasteiger charge is 2.31. The maximum absolute atomic E-state index is 12.8. The van der Waals surface area contributed by atoms with Crippen molar-refractivity contribution in [3.05, 3.63) is 72.9 Å². The summed E-state index contributed by atoms with van der Waals surface area (Å²) >= 11 is 0. The van der Waals surface area contributed by atoms with Gasteiger partial charge in [0.1, 0.15) is 6.61 Å². The smallest absolute Gasteiger partial charge is 0.362 e. The van der Waals surface area contributed by atoms with Crippen molar-refractivity contribution in [2.45, 2.75) is 206 Å². The third-order valence-electron chi connectivity index (χ3n) is 10.7. The van der Waals surface area contributed by atoms with Gasteiger partial charge in [-0.15, -0.1) is 0 Å². The minimum absolute atomic E-state index is 0.0478. The van der Waals surface area contributed by atoms with Crippen molar-refractivity contribution in [2.75, 3.05) is 41.0 Å². The number of hydrogen-bond acceptors (Lipinski definition) is 6. The van der Waals surface area contributed by atoms with Crippen LogP contribution in [-0.2, 0) is 28.6 Å². The largest absolute Gasteiger partial charge is 0.477 e. The first kappa shape index (κ1) is 57.8. The Kier molecular flexibility index (Phi) is 41.1. The normalized spacial score (nSPS) is 13.5. The number of quaternary nitrogens is 1. The summed E-state index contributed by atoms with van der Waals surface area (Å²) in [6, 6.07) is -0.623. The Labute approximate surface area is 374 Å². The number of ether oxygens (including phenoxy) is 3. The van der Waals surface area contributed by atoms with Crippen molar-refractivity contribution >= 4 is 17.9 Å². The van der Waals surface area contributed by atoms with E-state index in [9.17, 15) is 19.5 Å². The first-order valence-electron chi connectivity index (χ1n) is 24.5. The van der Waals surface area contributed by atoms with E-state index in [1.807, 2.05) is 57.6 Å². The number of likely N-dealkylation sites (N-methyl/N-ethyl adjacent to an activating group) is 1. The number of carbonyl (C=O) groups is 3. The van der Waals surface area contributed by atoms with Gasteiger partial charge in [0, 0.05) is 19.3 Å². The van der Waals surface area contributed by atoms with Gasteiger partial charge in [-0.3, -0.25) is 9.59 Å². The molecule has 0 heterocycles. The minimum atomic E-state index is -0.881. The highest BCUT2D eigenvalue weighted by Crippen LogP contribution is 2.14. The highest BCUT2D eigenvalue weighted by molar-refractivity contribution is 5.72. The summed E-state index contributed by atoms with van der Waals surface area (Å²) in [5, 5.41) is 9.64. The van der Waals surface area contributed by atoms with Crippen LogP contribution in [0.1, 0.15) is 194 Å². The Morgan fingerprint density at radius 2 is 0.918 bits per heavy atom. The van der Waals surface area contributed by atoms with Gasteiger partial charge in [0.05, 0.1) is 34.4 Å². The Balaban J connectivity index is 4.35. The average Bonchev–Trinajstić information content (AvgIpc) is 3.22. The van der Waals surface area contributed by atoms with Crippen molar-refractivity contribution < 1.29 is 38.2 Å². The van der Waals surface area contributed by atoms with Gasteiger partial charge >= 0.3 is 17.9 Å². The van der Waals surface area contributed by atoms with Crippen LogP contribution in [0.3, 0.4) is 0 Å². The van der Waals surface area contributed by atoms with E-state index in [0.717, 1.165) is 64.2 Å². The van der Waals surface area contributed by atoms with Crippen molar-refractivity contribution in [1.82, 2.24) is 0 Å². The van der Waals surface area contributed by atoms with Gasteiger partial charge in [0.25, 0.3) is 0 Å². The lowest BCUT2D eigenvalue weighted by Crippen LogP contribution is -2.50. The lowest BCUT2D eigenvalue weighted by atomic mass is 10.1. The van der Waals surface area contributed by atoms with E-state index < -0.39 is 18.1 Å². The molecule has 350 valence electrons. The third kappa shape index (κ3) is 41.9. The number of unbranched alkanes of at least 4 members (excludes halogenated alkanes) is 21. The van der Waals surface area contributed by atoms with Crippen LogP contribution in [0.4, 0.5) is 0 Å². The number of carboxylic acid groups (broad SMARTS) is 1. The number of hydrogen-bond donors (Lipinski definition) is 1. The molecule has 2 unspecified atom stereocenters. The first-order valence-corrected chi connectivity index (χ1v) is 24.5. The fourth-order valence-corrected chi connectivity index (χ4v) is 6.88. The Morgan fingerprint density at radius 3 is 1.39 bits per heavy atom. The van der Waals surface area contributed by atoms with E-state index in [2.05, 4.69) is 50.3 Å². The van der Waals surface area contributed by atoms with Gasteiger partial charge in [-0.2, -0.15) is 0 Å². The monoisotopic (exact) mass is 855 g/mol. The summed E-state index contributed by atoms with van der Waals surface area (Å²) in [6.07, 6.45) is 55.1. The SMILES string of the molecule is CCC/C=C/C=C/C=C/C=C/C=C/CCCCCCCC(=O)OCC(COCCC(C(=O)O)[N+](C)(C)C)OC(=O)CCCCCCCCC/C=C/CCCCCCCCCC. The molecule has 0 saturated carbocycles. The molecule has 61 heavy (non-hydrogen) atoms. The molecule has 2 atom stereocenters. The van der Waals surface area contributed by atoms with Gasteiger partial charge < -0.3 is 23.8 Å². The maximum atomic E-state index is 12.8. The van der Waals surface area contributed by atoms with Crippen LogP contribution in [-0.4, -0.2) is 80.6 Å². The molecule has 0 radical (unpaired) electrons. The predicted octanol–water partition coefficient (Wildman–Crippen LogP) is 13.9. The van der Waals surface area contributed by atoms with Gasteiger partial charge in [-0.05, 0) is 57.8 Å². The lowest BCUT2D eigenvalue weighted by molar-refractivity contribution is -0.887. The Bertz CT molecular complexity index is 1230. The third-order valence-corrected chi connectivity index (χ3v) is 10.7. The summed E-state index contributed by atoms with van der Waals surface area (Å²) < 4.78 is 17.3. The molecule has 0 fully saturated rings. The van der Waals surface area contributed by atoms with Crippen molar-refractivity contribution in [3.63, 3.8) is 0 Å². The van der Waals surface area contributed by atoms with Gasteiger partial charge in [0.15, 0.2) is 12.1 Å². The molecule has 8 heteroatoms. The van der Waals surface area contributed by atoms with Crippen LogP contribution in [0.15, 0.2) is 72.9 Å². The number of nitrogens with zero attached hydrogens (tertiary/aromatic N) is 1. The van der Waals surface area contributed by atoms with Crippen LogP contribution in [0.2, 0.25) is 0 Å². The topological polar surface area (TPSA) is 99.1 Å². The summed E-state index contributed by atoms with van der Waals surface area (Å²) in [7, 11) is 5.52. The average molecular weight is 855 g/mol. The zero-order valence-electron chi connectivity index (χ0n) is 39.8. The molecule has 0 bridgehead atoms. The van der Waals surface area contributed by atoms with Crippen LogP contribution >= 0.6 is 0 Å². The molecule has 0 spiro atoms. The quantitative estimate of drug-likeness (QED) is 0.0214. The van der Waals surface area contributed by atoms with Crippen molar-refractivity contribution in [2.24, 2.45) is 0 Å². The second-order valence-corrected chi connectivity index (χ2v) is 17.5. The summed E-state index contributed by atoms with van der Waals surface area (Å²) in [4.78, 5) is 37.1. The fourth-order valence-electron chi connectivity index (χ4n) is 6.88. The molecule has 0 aliphatic carbocycles. The number of allylic oxidation sites excluding steroid dienone is 12. The summed E-state index contributed by atoms with van der Waals surface area (Å²) in [5.74, 6) is -1.51. The molecule has 0 rings (SSSR count). The molecule has 0 aromatic carbocycles. The van der Waals surface area contributed by atoms with E-state index in [1.165, 1.54) is 96.3 Å². The van der Waals surface area contributed by atoms with Crippen LogP contribution in [0.5, 0.6) is 0 Å². The van der Waals surface area contributed by atoms with E-state index >= 15 is 0 Å². The highest BCUT2D eigenvalue weighted by atomic mass is 16.6. The predicted molar refractivity (Wildman–Crippen MR) is 257 cm³/mol. The van der Waals surface area contributed by atoms with Gasteiger partial charge in [-0.1, -0.05) is 189 Å². The maximum Gasteiger partial charge on any atom is 0.362 e. The standard InChI is InChI=1S/C53H91NO7/c1-6-8-10-12-14-16-18-20-22-24-26-28-30-32-34-36-38-40-42-44-52(56)61-49(47-59-46-45-50(53(57)58)54(3,4)5)48-60-51(55)43-41-39-37-35-33-31-29-27-25-23-21-19-17-15-13-11-9-7-2/h11,13,15,17,19,21,23-27,29,49-50H,6-10,12,14,16,18,20,22,28,30-48H2,1-5H3/p+1/b13-11+,17-15+,21-19+,25-23+,26-24+,29-27+. The zero-order chi connectivity index (χ0) is 44.9. The molecular formula is C53H92NO7+. The van der Waals surface area contributed by atoms with Crippen molar-refractivity contribution in [1.29, 1.82) is 0 Å². The molecule has 0 amide bonds. The zero-order valence-corrected chi connectivity index (χ0v) is 39.8. The number of carboxylic acids is 1. The van der Waals surface area contributed by atoms with Crippen LogP contribution < -0.4 is 0 Å². The molecule has 1 N–H and O–H groups in total. The number of esters is 2. The molecule has 0 aliphatic heterocycles. The number of rotatable bonds is 43. The van der Waals surface area contributed by atoms with E-state index in [1.54, 1.807) is 0 Å². The summed E-state index contributed by atoms with van der Waals surface area (Å²) in [6.45, 7) is 4.62. The fraction of sp³-hybridized carbons (Fsp3) is 0.717. The molecule has 0 aliphatic rings. The van der Waals surface area contributed by atoms with E-state index in [-0.39, 0.29) is 36.2 Å². The Morgan fingerprint density at radius 1 is 0.492 bits per heavy atom. The van der Waals surface area contributed by atoms with E-state index in [0.29, 0.717) is 19.3 Å². The second-order valence-electron chi connectivity index (χ2n) is 17.5. The molecule has 0 saturated heterocycles. The lowest BCUT2D eigenvalue weighted by Gasteiger charge is -2.31. The van der Waals surface area contributed by atoms with Gasteiger partial charge in [0.2, 0.25) is 0 Å². The molecule has 8 nitrogen and oxygen atoms in total. The van der Waals surface area contributed by atoms with Crippen molar-refractivity contribution in [3.8, 4) is 0 Å². The molecule has 0 aromatic heterocycles. The van der Waals surface area contributed by atoms with E-state index in [4.69, 9.17) is 14.2 Å². The number of aliphatic carboxylic acids is 1. The summed E-state index contributed by atoms with van der Waals surface area (Å²) in [5.41, 5.74) is 0.